The Morgan fingerprint density at radius 3 is 2.94 bits per heavy atom. The van der Waals surface area contributed by atoms with Crippen molar-refractivity contribution in [1.29, 1.82) is 5.26 Å². The van der Waals surface area contributed by atoms with Crippen LogP contribution in [0.3, 0.4) is 0 Å². The van der Waals surface area contributed by atoms with Gasteiger partial charge in [-0.25, -0.2) is 0 Å². The average molecular weight is 313 g/mol. The van der Waals surface area contributed by atoms with Gasteiger partial charge in [-0.1, -0.05) is 15.9 Å². The maximum Gasteiger partial charge on any atom is 0.225 e. The van der Waals surface area contributed by atoms with Crippen molar-refractivity contribution in [2.75, 3.05) is 10.6 Å². The summed E-state index contributed by atoms with van der Waals surface area (Å²) in [6.45, 7) is 0. The van der Waals surface area contributed by atoms with E-state index in [1.54, 1.807) is 11.3 Å². The fraction of sp³-hybridized carbons (Fsp3) is 0.500. The summed E-state index contributed by atoms with van der Waals surface area (Å²) in [5, 5.41) is 13.4. The standard InChI is InChI=1S/C12H13BrN2OS/c13-6-5-11(16)15-12-9(7-14)8-3-1-2-4-10(8)17-12/h1-6H2,(H,15,16). The van der Waals surface area contributed by atoms with Gasteiger partial charge in [-0.2, -0.15) is 5.26 Å². The van der Waals surface area contributed by atoms with Crippen LogP contribution in [-0.4, -0.2) is 11.2 Å². The van der Waals surface area contributed by atoms with Gasteiger partial charge in [0, 0.05) is 16.6 Å². The highest BCUT2D eigenvalue weighted by atomic mass is 79.9. The third-order valence-corrected chi connectivity index (χ3v) is 4.46. The predicted molar refractivity (Wildman–Crippen MR) is 72.7 cm³/mol. The van der Waals surface area contributed by atoms with Gasteiger partial charge in [0.05, 0.1) is 5.56 Å². The number of rotatable bonds is 3. The molecule has 3 nitrogen and oxygen atoms in total. The molecule has 0 saturated heterocycles. The summed E-state index contributed by atoms with van der Waals surface area (Å²) in [6.07, 6.45) is 4.79. The topological polar surface area (TPSA) is 52.9 Å². The van der Waals surface area contributed by atoms with Crippen molar-refractivity contribution in [2.45, 2.75) is 32.1 Å². The summed E-state index contributed by atoms with van der Waals surface area (Å²) in [6, 6.07) is 2.24. The lowest BCUT2D eigenvalue weighted by Gasteiger charge is -2.09. The minimum Gasteiger partial charge on any atom is -0.317 e. The summed E-state index contributed by atoms with van der Waals surface area (Å²) >= 11 is 4.80. The number of nitriles is 1. The first kappa shape index (κ1) is 12.6. The molecule has 0 bridgehead atoms. The molecule has 1 amide bonds. The third-order valence-electron chi connectivity index (χ3n) is 2.86. The van der Waals surface area contributed by atoms with Crippen LogP contribution in [0.25, 0.3) is 0 Å². The molecule has 90 valence electrons. The van der Waals surface area contributed by atoms with E-state index in [0.29, 0.717) is 17.3 Å². The van der Waals surface area contributed by atoms with E-state index >= 15 is 0 Å². The van der Waals surface area contributed by atoms with E-state index in [9.17, 15) is 10.1 Å². The Hall–Kier alpha value is -0.860. The number of thiophene rings is 1. The number of halogens is 1. The number of aryl methyl sites for hydroxylation is 1. The van der Waals surface area contributed by atoms with Crippen molar-refractivity contribution >= 4 is 38.2 Å². The molecule has 0 saturated carbocycles. The number of hydrogen-bond donors (Lipinski definition) is 1. The Labute approximate surface area is 113 Å². The van der Waals surface area contributed by atoms with Crippen molar-refractivity contribution in [3.63, 3.8) is 0 Å². The van der Waals surface area contributed by atoms with Crippen molar-refractivity contribution in [1.82, 2.24) is 0 Å². The Morgan fingerprint density at radius 1 is 1.47 bits per heavy atom. The minimum atomic E-state index is -0.0306. The number of nitrogens with one attached hydrogen (secondary N) is 1. The highest BCUT2D eigenvalue weighted by Crippen LogP contribution is 2.37. The molecule has 0 aromatic carbocycles. The number of fused-ring (bicyclic) bond motifs is 1. The van der Waals surface area contributed by atoms with Gasteiger partial charge in [0.2, 0.25) is 5.91 Å². The highest BCUT2D eigenvalue weighted by molar-refractivity contribution is 9.09. The zero-order valence-electron chi connectivity index (χ0n) is 9.38. The lowest BCUT2D eigenvalue weighted by atomic mass is 9.96. The van der Waals surface area contributed by atoms with Gasteiger partial charge in [0.1, 0.15) is 11.1 Å². The number of anilines is 1. The molecule has 5 heteroatoms. The largest absolute Gasteiger partial charge is 0.317 e. The highest BCUT2D eigenvalue weighted by Gasteiger charge is 2.21. The average Bonchev–Trinajstić information content (AvgIpc) is 2.66. The smallest absolute Gasteiger partial charge is 0.225 e. The molecule has 0 unspecified atom stereocenters. The number of carbonyl (C=O) groups is 1. The van der Waals surface area contributed by atoms with Gasteiger partial charge in [-0.15, -0.1) is 11.3 Å². The fourth-order valence-electron chi connectivity index (χ4n) is 2.05. The molecule has 1 aliphatic rings. The predicted octanol–water partition coefficient (Wildman–Crippen LogP) is 3.22. The van der Waals surface area contributed by atoms with E-state index in [0.717, 1.165) is 29.8 Å². The van der Waals surface area contributed by atoms with Crippen LogP contribution in [0.1, 0.15) is 35.3 Å². The zero-order valence-corrected chi connectivity index (χ0v) is 11.8. The maximum absolute atomic E-state index is 11.5. The lowest BCUT2D eigenvalue weighted by Crippen LogP contribution is -2.11. The second-order valence-electron chi connectivity index (χ2n) is 4.01. The molecule has 1 N–H and O–H groups in total. The van der Waals surface area contributed by atoms with E-state index in [4.69, 9.17) is 0 Å². The van der Waals surface area contributed by atoms with E-state index in [1.165, 1.54) is 11.3 Å². The Balaban J connectivity index is 2.25. The molecule has 0 atom stereocenters. The summed E-state index contributed by atoms with van der Waals surface area (Å²) in [7, 11) is 0. The van der Waals surface area contributed by atoms with Gasteiger partial charge in [0.25, 0.3) is 0 Å². The van der Waals surface area contributed by atoms with Gasteiger partial charge in [-0.05, 0) is 31.2 Å². The van der Waals surface area contributed by atoms with Crippen LogP contribution in [0.4, 0.5) is 5.00 Å². The number of amides is 1. The van der Waals surface area contributed by atoms with Crippen molar-refractivity contribution in [2.24, 2.45) is 0 Å². The maximum atomic E-state index is 11.5. The zero-order chi connectivity index (χ0) is 12.3. The summed E-state index contributed by atoms with van der Waals surface area (Å²) in [4.78, 5) is 12.8. The fourth-order valence-corrected chi connectivity index (χ4v) is 3.66. The molecule has 0 spiro atoms. The number of carbonyl (C=O) groups excluding carboxylic acids is 1. The number of alkyl halides is 1. The first-order valence-electron chi connectivity index (χ1n) is 5.66. The van der Waals surface area contributed by atoms with Crippen LogP contribution in [0.5, 0.6) is 0 Å². The summed E-state index contributed by atoms with van der Waals surface area (Å²) in [5.41, 5.74) is 1.85. The van der Waals surface area contributed by atoms with Crippen molar-refractivity contribution < 1.29 is 4.79 Å². The number of hydrogen-bond acceptors (Lipinski definition) is 3. The normalized spacial score (nSPS) is 13.9. The first-order chi connectivity index (χ1) is 8.26. The van der Waals surface area contributed by atoms with Crippen molar-refractivity contribution in [3.05, 3.63) is 16.0 Å². The van der Waals surface area contributed by atoms with E-state index < -0.39 is 0 Å². The molecule has 0 radical (unpaired) electrons. The monoisotopic (exact) mass is 312 g/mol. The first-order valence-corrected chi connectivity index (χ1v) is 7.60. The number of nitrogens with zero attached hydrogens (tertiary/aromatic N) is 1. The minimum absolute atomic E-state index is 0.0306. The summed E-state index contributed by atoms with van der Waals surface area (Å²) in [5.74, 6) is -0.0306. The van der Waals surface area contributed by atoms with Gasteiger partial charge >= 0.3 is 0 Å². The van der Waals surface area contributed by atoms with Crippen LogP contribution >= 0.6 is 27.3 Å². The third kappa shape index (κ3) is 2.70. The Kier molecular flexibility index (Phi) is 4.19. The van der Waals surface area contributed by atoms with Crippen LogP contribution < -0.4 is 5.32 Å². The van der Waals surface area contributed by atoms with E-state index in [2.05, 4.69) is 27.3 Å². The SMILES string of the molecule is N#Cc1c(NC(=O)CCBr)sc2c1CCCC2. The molecule has 0 fully saturated rings. The second kappa shape index (κ2) is 5.65. The van der Waals surface area contributed by atoms with Gasteiger partial charge in [0.15, 0.2) is 0 Å². The molecule has 1 aromatic rings. The molecule has 1 aromatic heterocycles. The lowest BCUT2D eigenvalue weighted by molar-refractivity contribution is -0.115. The van der Waals surface area contributed by atoms with Crippen LogP contribution in [0, 0.1) is 11.3 Å². The molecule has 1 heterocycles. The molecule has 0 aliphatic heterocycles. The van der Waals surface area contributed by atoms with Crippen LogP contribution in [0.2, 0.25) is 0 Å². The van der Waals surface area contributed by atoms with Crippen LogP contribution in [-0.2, 0) is 17.6 Å². The van der Waals surface area contributed by atoms with Crippen LogP contribution in [0.15, 0.2) is 0 Å². The molecule has 17 heavy (non-hydrogen) atoms. The Bertz CT molecular complexity index is 476. The second-order valence-corrected chi connectivity index (χ2v) is 5.91. The molecular formula is C12H13BrN2OS. The molecule has 2 rings (SSSR count). The van der Waals surface area contributed by atoms with E-state index in [-0.39, 0.29) is 5.91 Å². The molecular weight excluding hydrogens is 300 g/mol. The van der Waals surface area contributed by atoms with Gasteiger partial charge in [-0.3, -0.25) is 4.79 Å². The quantitative estimate of drug-likeness (QED) is 0.871. The summed E-state index contributed by atoms with van der Waals surface area (Å²) < 4.78 is 0. The van der Waals surface area contributed by atoms with Crippen molar-refractivity contribution in [3.8, 4) is 6.07 Å². The van der Waals surface area contributed by atoms with Gasteiger partial charge < -0.3 is 5.32 Å². The molecule has 1 aliphatic carbocycles. The van der Waals surface area contributed by atoms with E-state index in [1.807, 2.05) is 0 Å². The Morgan fingerprint density at radius 2 is 2.24 bits per heavy atom.